The molecule has 0 saturated heterocycles. The van der Waals surface area contributed by atoms with Gasteiger partial charge >= 0.3 is 0 Å². The lowest BCUT2D eigenvalue weighted by atomic mass is 10.3. The third-order valence-electron chi connectivity index (χ3n) is 3.99. The molecule has 1 fully saturated rings. The van der Waals surface area contributed by atoms with Crippen LogP contribution in [0, 0.1) is 5.92 Å². The monoisotopic (exact) mass is 301 g/mol. The molecule has 1 amide bonds. The molecule has 2 aromatic rings. The third-order valence-corrected chi connectivity index (χ3v) is 3.99. The van der Waals surface area contributed by atoms with Crippen LogP contribution in [0.25, 0.3) is 11.0 Å². The van der Waals surface area contributed by atoms with Crippen LogP contribution in [-0.2, 0) is 22.5 Å². The van der Waals surface area contributed by atoms with Gasteiger partial charge < -0.3 is 14.6 Å². The van der Waals surface area contributed by atoms with Crippen LogP contribution in [0.2, 0.25) is 0 Å². The second-order valence-corrected chi connectivity index (χ2v) is 5.68. The lowest BCUT2D eigenvalue weighted by Gasteiger charge is -2.10. The number of hydrogen-bond donors (Lipinski definition) is 1. The predicted octanol–water partition coefficient (Wildman–Crippen LogP) is 2.14. The Kier molecular flexibility index (Phi) is 4.73. The SMILES string of the molecule is CCOCCn1c(CCNC(=O)C2CC2)nc2ccccc21. The Balaban J connectivity index is 1.68. The topological polar surface area (TPSA) is 56.1 Å². The van der Waals surface area contributed by atoms with Gasteiger partial charge in [0.15, 0.2) is 0 Å². The molecule has 22 heavy (non-hydrogen) atoms. The number of ether oxygens (including phenoxy) is 1. The molecule has 5 nitrogen and oxygen atoms in total. The second-order valence-electron chi connectivity index (χ2n) is 5.68. The summed E-state index contributed by atoms with van der Waals surface area (Å²) in [6, 6.07) is 8.14. The number of benzene rings is 1. The van der Waals surface area contributed by atoms with Crippen molar-refractivity contribution in [3.63, 3.8) is 0 Å². The normalized spacial score (nSPS) is 14.4. The first kappa shape index (κ1) is 15.0. The van der Waals surface area contributed by atoms with Gasteiger partial charge in [-0.2, -0.15) is 0 Å². The average molecular weight is 301 g/mol. The third kappa shape index (κ3) is 3.47. The number of fused-ring (bicyclic) bond motifs is 1. The van der Waals surface area contributed by atoms with Crippen LogP contribution in [0.4, 0.5) is 0 Å². The minimum absolute atomic E-state index is 0.192. The summed E-state index contributed by atoms with van der Waals surface area (Å²) in [5, 5.41) is 3.01. The molecule has 1 N–H and O–H groups in total. The smallest absolute Gasteiger partial charge is 0.223 e. The zero-order valence-corrected chi connectivity index (χ0v) is 13.0. The Bertz CT molecular complexity index is 646. The van der Waals surface area contributed by atoms with Gasteiger partial charge in [-0.3, -0.25) is 4.79 Å². The minimum Gasteiger partial charge on any atom is -0.380 e. The van der Waals surface area contributed by atoms with Gasteiger partial charge in [0.25, 0.3) is 0 Å². The second kappa shape index (κ2) is 6.92. The quantitative estimate of drug-likeness (QED) is 0.760. The summed E-state index contributed by atoms with van der Waals surface area (Å²) in [7, 11) is 0. The van der Waals surface area contributed by atoms with Crippen molar-refractivity contribution in [2.45, 2.75) is 32.7 Å². The van der Waals surface area contributed by atoms with Gasteiger partial charge in [0.2, 0.25) is 5.91 Å². The van der Waals surface area contributed by atoms with E-state index in [1.807, 2.05) is 25.1 Å². The van der Waals surface area contributed by atoms with Gasteiger partial charge in [0.1, 0.15) is 5.82 Å². The van der Waals surface area contributed by atoms with E-state index in [9.17, 15) is 4.79 Å². The number of imidazole rings is 1. The maximum Gasteiger partial charge on any atom is 0.223 e. The van der Waals surface area contributed by atoms with E-state index in [2.05, 4.69) is 16.0 Å². The van der Waals surface area contributed by atoms with Crippen molar-refractivity contribution in [3.05, 3.63) is 30.1 Å². The summed E-state index contributed by atoms with van der Waals surface area (Å²) in [6.07, 6.45) is 2.83. The highest BCUT2D eigenvalue weighted by Gasteiger charge is 2.29. The summed E-state index contributed by atoms with van der Waals surface area (Å²) < 4.78 is 7.68. The summed E-state index contributed by atoms with van der Waals surface area (Å²) >= 11 is 0. The fraction of sp³-hybridized carbons (Fsp3) is 0.529. The first-order valence-electron chi connectivity index (χ1n) is 8.09. The van der Waals surface area contributed by atoms with Gasteiger partial charge in [-0.05, 0) is 31.9 Å². The summed E-state index contributed by atoms with van der Waals surface area (Å²) in [5.41, 5.74) is 2.13. The summed E-state index contributed by atoms with van der Waals surface area (Å²) in [6.45, 7) is 4.84. The van der Waals surface area contributed by atoms with Crippen molar-refractivity contribution in [1.82, 2.24) is 14.9 Å². The molecule has 118 valence electrons. The molecule has 0 aliphatic heterocycles. The number of hydrogen-bond acceptors (Lipinski definition) is 3. The van der Waals surface area contributed by atoms with Crippen LogP contribution in [0.5, 0.6) is 0 Å². The Morgan fingerprint density at radius 3 is 3.00 bits per heavy atom. The van der Waals surface area contributed by atoms with Crippen molar-refractivity contribution >= 4 is 16.9 Å². The number of nitrogens with one attached hydrogen (secondary N) is 1. The van der Waals surface area contributed by atoms with Crippen LogP contribution >= 0.6 is 0 Å². The molecule has 5 heteroatoms. The highest BCUT2D eigenvalue weighted by Crippen LogP contribution is 2.28. The van der Waals surface area contributed by atoms with Crippen molar-refractivity contribution in [1.29, 1.82) is 0 Å². The standard InChI is InChI=1S/C17H23N3O2/c1-2-22-12-11-20-15-6-4-3-5-14(15)19-16(20)9-10-18-17(21)13-7-8-13/h3-6,13H,2,7-12H2,1H3,(H,18,21). The molecule has 0 bridgehead atoms. The van der Waals surface area contributed by atoms with Crippen LogP contribution < -0.4 is 5.32 Å². The molecule has 1 heterocycles. The average Bonchev–Trinajstić information content (AvgIpc) is 3.32. The fourth-order valence-electron chi connectivity index (χ4n) is 2.65. The number of para-hydroxylation sites is 2. The maximum absolute atomic E-state index is 11.7. The zero-order valence-electron chi connectivity index (χ0n) is 13.0. The molecule has 1 aliphatic carbocycles. The van der Waals surface area contributed by atoms with Gasteiger partial charge in [-0.1, -0.05) is 12.1 Å². The molecular formula is C17H23N3O2. The van der Waals surface area contributed by atoms with Gasteiger partial charge in [0, 0.05) is 32.0 Å². The van der Waals surface area contributed by atoms with E-state index in [-0.39, 0.29) is 11.8 Å². The van der Waals surface area contributed by atoms with E-state index >= 15 is 0 Å². The Labute approximate surface area is 130 Å². The first-order valence-corrected chi connectivity index (χ1v) is 8.09. The number of aromatic nitrogens is 2. The zero-order chi connectivity index (χ0) is 15.4. The summed E-state index contributed by atoms with van der Waals surface area (Å²) in [5.74, 6) is 1.46. The molecule has 3 rings (SSSR count). The molecule has 1 aromatic heterocycles. The van der Waals surface area contributed by atoms with Crippen LogP contribution in [0.1, 0.15) is 25.6 Å². The van der Waals surface area contributed by atoms with Gasteiger partial charge in [0.05, 0.1) is 17.6 Å². The highest BCUT2D eigenvalue weighted by atomic mass is 16.5. The molecule has 0 atom stereocenters. The lowest BCUT2D eigenvalue weighted by Crippen LogP contribution is -2.27. The number of carbonyl (C=O) groups is 1. The van der Waals surface area contributed by atoms with E-state index in [0.29, 0.717) is 13.2 Å². The minimum atomic E-state index is 0.192. The van der Waals surface area contributed by atoms with Gasteiger partial charge in [-0.25, -0.2) is 4.98 Å². The fourth-order valence-corrected chi connectivity index (χ4v) is 2.65. The van der Waals surface area contributed by atoms with E-state index < -0.39 is 0 Å². The largest absolute Gasteiger partial charge is 0.380 e. The Hall–Kier alpha value is -1.88. The van der Waals surface area contributed by atoms with E-state index in [4.69, 9.17) is 9.72 Å². The van der Waals surface area contributed by atoms with E-state index in [1.54, 1.807) is 0 Å². The Morgan fingerprint density at radius 2 is 2.23 bits per heavy atom. The lowest BCUT2D eigenvalue weighted by molar-refractivity contribution is -0.122. The number of rotatable bonds is 8. The molecule has 1 aliphatic rings. The van der Waals surface area contributed by atoms with Crippen LogP contribution in [-0.4, -0.2) is 35.2 Å². The van der Waals surface area contributed by atoms with Crippen molar-refractivity contribution < 1.29 is 9.53 Å². The Morgan fingerprint density at radius 1 is 1.41 bits per heavy atom. The van der Waals surface area contributed by atoms with E-state index in [0.717, 1.165) is 49.3 Å². The maximum atomic E-state index is 11.7. The summed E-state index contributed by atoms with van der Waals surface area (Å²) in [4.78, 5) is 16.4. The molecule has 1 aromatic carbocycles. The highest BCUT2D eigenvalue weighted by molar-refractivity contribution is 5.80. The number of nitrogens with zero attached hydrogens (tertiary/aromatic N) is 2. The van der Waals surface area contributed by atoms with Gasteiger partial charge in [-0.15, -0.1) is 0 Å². The van der Waals surface area contributed by atoms with E-state index in [1.165, 1.54) is 0 Å². The first-order chi connectivity index (χ1) is 10.8. The molecule has 0 unspecified atom stereocenters. The number of amides is 1. The molecular weight excluding hydrogens is 278 g/mol. The van der Waals surface area contributed by atoms with Crippen LogP contribution in [0.15, 0.2) is 24.3 Å². The molecule has 1 saturated carbocycles. The number of carbonyl (C=O) groups excluding carboxylic acids is 1. The van der Waals surface area contributed by atoms with Crippen molar-refractivity contribution in [2.24, 2.45) is 5.92 Å². The van der Waals surface area contributed by atoms with Crippen LogP contribution in [0.3, 0.4) is 0 Å². The molecule has 0 radical (unpaired) electrons. The van der Waals surface area contributed by atoms with Crippen molar-refractivity contribution in [3.8, 4) is 0 Å². The molecule has 0 spiro atoms. The predicted molar refractivity (Wildman–Crippen MR) is 85.7 cm³/mol. The van der Waals surface area contributed by atoms with Crippen molar-refractivity contribution in [2.75, 3.05) is 19.8 Å².